The van der Waals surface area contributed by atoms with Gasteiger partial charge in [-0.25, -0.2) is 8.42 Å². The number of sulfone groups is 1. The lowest BCUT2D eigenvalue weighted by Crippen LogP contribution is -2.20. The number of nitrogens with zero attached hydrogens (tertiary/aromatic N) is 1. The Labute approximate surface area is 106 Å². The largest absolute Gasteiger partial charge is 0.486 e. The van der Waals surface area contributed by atoms with E-state index in [-0.39, 0.29) is 11.3 Å². The van der Waals surface area contributed by atoms with Gasteiger partial charge in [0.05, 0.1) is 11.0 Å². The van der Waals surface area contributed by atoms with Crippen LogP contribution in [-0.2, 0) is 9.84 Å². The highest BCUT2D eigenvalue weighted by molar-refractivity contribution is 7.92. The smallest absolute Gasteiger partial charge is 0.194 e. The molecule has 0 saturated carbocycles. The standard InChI is InChI=1S/C12H13NO4S/c1-2-9(8-13)18(14,15)10-3-4-11-12(7-10)17-6-5-16-11/h3-4,7,9H,2,5-6H2,1H3. The van der Waals surface area contributed by atoms with E-state index in [4.69, 9.17) is 14.7 Å². The van der Waals surface area contributed by atoms with E-state index in [2.05, 4.69) is 0 Å². The van der Waals surface area contributed by atoms with Crippen molar-refractivity contribution < 1.29 is 17.9 Å². The molecule has 0 radical (unpaired) electrons. The van der Waals surface area contributed by atoms with E-state index in [9.17, 15) is 8.42 Å². The lowest BCUT2D eigenvalue weighted by molar-refractivity contribution is 0.171. The summed E-state index contributed by atoms with van der Waals surface area (Å²) in [6.07, 6.45) is 0.257. The summed E-state index contributed by atoms with van der Waals surface area (Å²) in [6.45, 7) is 2.52. The molecular formula is C12H13NO4S. The van der Waals surface area contributed by atoms with E-state index in [0.717, 1.165) is 0 Å². The average Bonchev–Trinajstić information content (AvgIpc) is 2.39. The summed E-state index contributed by atoms with van der Waals surface area (Å²) in [7, 11) is -3.63. The molecule has 1 aromatic carbocycles. The third kappa shape index (κ3) is 2.14. The van der Waals surface area contributed by atoms with Gasteiger partial charge in [-0.1, -0.05) is 6.92 Å². The van der Waals surface area contributed by atoms with Gasteiger partial charge in [0.25, 0.3) is 0 Å². The molecule has 0 bridgehead atoms. The summed E-state index contributed by atoms with van der Waals surface area (Å²) in [6, 6.07) is 6.24. The highest BCUT2D eigenvalue weighted by Gasteiger charge is 2.27. The highest BCUT2D eigenvalue weighted by atomic mass is 32.2. The van der Waals surface area contributed by atoms with Crippen molar-refractivity contribution in [2.24, 2.45) is 0 Å². The molecule has 1 unspecified atom stereocenters. The number of fused-ring (bicyclic) bond motifs is 1. The molecule has 5 nitrogen and oxygen atoms in total. The Kier molecular flexibility index (Phi) is 3.43. The fourth-order valence-electron chi connectivity index (χ4n) is 1.75. The van der Waals surface area contributed by atoms with E-state index >= 15 is 0 Å². The molecule has 0 fully saturated rings. The van der Waals surface area contributed by atoms with Crippen LogP contribution in [0.5, 0.6) is 11.5 Å². The lowest BCUT2D eigenvalue weighted by atomic mass is 10.3. The van der Waals surface area contributed by atoms with Gasteiger partial charge in [0, 0.05) is 6.07 Å². The molecular weight excluding hydrogens is 254 g/mol. The first-order valence-electron chi connectivity index (χ1n) is 5.62. The van der Waals surface area contributed by atoms with Gasteiger partial charge in [0.2, 0.25) is 0 Å². The van der Waals surface area contributed by atoms with E-state index in [1.54, 1.807) is 13.0 Å². The number of ether oxygens (including phenoxy) is 2. The summed E-state index contributed by atoms with van der Waals surface area (Å²) in [5.41, 5.74) is 0. The monoisotopic (exact) mass is 267 g/mol. The molecule has 1 atom stereocenters. The average molecular weight is 267 g/mol. The minimum absolute atomic E-state index is 0.0974. The first-order chi connectivity index (χ1) is 8.59. The van der Waals surface area contributed by atoms with Crippen molar-refractivity contribution in [1.29, 1.82) is 5.26 Å². The van der Waals surface area contributed by atoms with Crippen LogP contribution in [0.4, 0.5) is 0 Å². The summed E-state index contributed by atoms with van der Waals surface area (Å²) in [5.74, 6) is 0.945. The van der Waals surface area contributed by atoms with Crippen LogP contribution in [0.3, 0.4) is 0 Å². The van der Waals surface area contributed by atoms with Crippen LogP contribution >= 0.6 is 0 Å². The van der Waals surface area contributed by atoms with Crippen LogP contribution in [0, 0.1) is 11.3 Å². The molecule has 0 aromatic heterocycles. The SMILES string of the molecule is CCC(C#N)S(=O)(=O)c1ccc2c(c1)OCCO2. The van der Waals surface area contributed by atoms with Crippen LogP contribution < -0.4 is 9.47 Å². The van der Waals surface area contributed by atoms with E-state index in [1.807, 2.05) is 6.07 Å². The van der Waals surface area contributed by atoms with Crippen molar-refractivity contribution >= 4 is 9.84 Å². The first kappa shape index (κ1) is 12.7. The fraction of sp³-hybridized carbons (Fsp3) is 0.417. The van der Waals surface area contributed by atoms with Crippen molar-refractivity contribution in [3.8, 4) is 17.6 Å². The minimum atomic E-state index is -3.63. The van der Waals surface area contributed by atoms with Crippen molar-refractivity contribution in [2.75, 3.05) is 13.2 Å². The van der Waals surface area contributed by atoms with Gasteiger partial charge in [-0.3, -0.25) is 0 Å². The quantitative estimate of drug-likeness (QED) is 0.830. The van der Waals surface area contributed by atoms with E-state index in [1.165, 1.54) is 12.1 Å². The van der Waals surface area contributed by atoms with Gasteiger partial charge in [0.15, 0.2) is 26.6 Å². The van der Waals surface area contributed by atoms with Crippen LogP contribution in [0.25, 0.3) is 0 Å². The van der Waals surface area contributed by atoms with Gasteiger partial charge in [0.1, 0.15) is 13.2 Å². The third-order valence-electron chi connectivity index (χ3n) is 2.73. The van der Waals surface area contributed by atoms with Crippen molar-refractivity contribution in [2.45, 2.75) is 23.5 Å². The molecule has 1 aliphatic rings. The van der Waals surface area contributed by atoms with Crippen molar-refractivity contribution in [3.05, 3.63) is 18.2 Å². The zero-order chi connectivity index (χ0) is 13.2. The molecule has 1 aliphatic heterocycles. The molecule has 0 saturated heterocycles. The molecule has 1 aromatic rings. The fourth-order valence-corrected chi connectivity index (χ4v) is 3.18. The summed E-state index contributed by atoms with van der Waals surface area (Å²) in [4.78, 5) is 0.0974. The molecule has 0 spiro atoms. The molecule has 0 aliphatic carbocycles. The van der Waals surface area contributed by atoms with Crippen LogP contribution in [0.15, 0.2) is 23.1 Å². The van der Waals surface area contributed by atoms with Gasteiger partial charge >= 0.3 is 0 Å². The van der Waals surface area contributed by atoms with E-state index < -0.39 is 15.1 Å². The first-order valence-corrected chi connectivity index (χ1v) is 7.17. The zero-order valence-corrected chi connectivity index (χ0v) is 10.7. The molecule has 6 heteroatoms. The Morgan fingerprint density at radius 1 is 1.33 bits per heavy atom. The molecule has 0 N–H and O–H groups in total. The number of hydrogen-bond acceptors (Lipinski definition) is 5. The molecule has 18 heavy (non-hydrogen) atoms. The van der Waals surface area contributed by atoms with Crippen LogP contribution in [-0.4, -0.2) is 26.9 Å². The Bertz CT molecular complexity index is 589. The Morgan fingerprint density at radius 2 is 2.00 bits per heavy atom. The molecule has 0 amide bonds. The zero-order valence-electron chi connectivity index (χ0n) is 9.92. The number of nitriles is 1. The summed E-state index contributed by atoms with van der Waals surface area (Å²) < 4.78 is 35.0. The minimum Gasteiger partial charge on any atom is -0.486 e. The van der Waals surface area contributed by atoms with E-state index in [0.29, 0.717) is 24.7 Å². The summed E-state index contributed by atoms with van der Waals surface area (Å²) in [5, 5.41) is 7.85. The summed E-state index contributed by atoms with van der Waals surface area (Å²) >= 11 is 0. The van der Waals surface area contributed by atoms with Gasteiger partial charge in [-0.15, -0.1) is 0 Å². The predicted molar refractivity (Wildman–Crippen MR) is 64.3 cm³/mol. The second-order valence-corrected chi connectivity index (χ2v) is 6.01. The Balaban J connectivity index is 2.43. The Morgan fingerprint density at radius 3 is 2.61 bits per heavy atom. The number of rotatable bonds is 3. The molecule has 1 heterocycles. The lowest BCUT2D eigenvalue weighted by Gasteiger charge is -2.19. The maximum atomic E-state index is 12.2. The van der Waals surface area contributed by atoms with Gasteiger partial charge < -0.3 is 9.47 Å². The van der Waals surface area contributed by atoms with Crippen LogP contribution in [0.2, 0.25) is 0 Å². The predicted octanol–water partition coefficient (Wildman–Crippen LogP) is 1.53. The number of benzene rings is 1. The Hall–Kier alpha value is -1.74. The highest BCUT2D eigenvalue weighted by Crippen LogP contribution is 2.33. The maximum absolute atomic E-state index is 12.2. The number of hydrogen-bond donors (Lipinski definition) is 0. The van der Waals surface area contributed by atoms with Crippen LogP contribution in [0.1, 0.15) is 13.3 Å². The van der Waals surface area contributed by atoms with Gasteiger partial charge in [-0.2, -0.15) is 5.26 Å². The van der Waals surface area contributed by atoms with Crippen molar-refractivity contribution in [1.82, 2.24) is 0 Å². The second-order valence-electron chi connectivity index (χ2n) is 3.88. The van der Waals surface area contributed by atoms with Crippen molar-refractivity contribution in [3.63, 3.8) is 0 Å². The third-order valence-corrected chi connectivity index (χ3v) is 4.83. The molecule has 2 rings (SSSR count). The maximum Gasteiger partial charge on any atom is 0.194 e. The van der Waals surface area contributed by atoms with Gasteiger partial charge in [-0.05, 0) is 18.6 Å². The normalized spacial score (nSPS) is 15.8. The topological polar surface area (TPSA) is 76.4 Å². The molecule has 96 valence electrons. The second kappa shape index (κ2) is 4.86.